The molecule has 0 aliphatic rings. The summed E-state index contributed by atoms with van der Waals surface area (Å²) in [5.41, 5.74) is 0.734. The molecule has 1 aromatic heterocycles. The molecular weight excluding hydrogens is 208 g/mol. The highest BCUT2D eigenvalue weighted by molar-refractivity contribution is 5.86. The van der Waals surface area contributed by atoms with Crippen molar-refractivity contribution in [1.29, 1.82) is 0 Å². The lowest BCUT2D eigenvalue weighted by Gasteiger charge is -2.05. The van der Waals surface area contributed by atoms with Gasteiger partial charge in [0.25, 0.3) is 5.69 Å². The van der Waals surface area contributed by atoms with Crippen LogP contribution in [0.15, 0.2) is 30.5 Å². The minimum Gasteiger partial charge on any atom is -0.493 e. The normalized spacial score (nSPS) is 10.3. The average Bonchev–Trinajstić information content (AvgIpc) is 2.29. The van der Waals surface area contributed by atoms with Crippen molar-refractivity contribution < 1.29 is 9.66 Å². The van der Waals surface area contributed by atoms with E-state index in [1.165, 1.54) is 12.1 Å². The molecule has 5 nitrogen and oxygen atoms in total. The molecule has 0 spiro atoms. The van der Waals surface area contributed by atoms with Crippen LogP contribution in [0.1, 0.15) is 6.92 Å². The Morgan fingerprint density at radius 2 is 2.25 bits per heavy atom. The lowest BCUT2D eigenvalue weighted by molar-refractivity contribution is -0.384. The molecule has 0 bridgehead atoms. The van der Waals surface area contributed by atoms with Crippen molar-refractivity contribution in [2.75, 3.05) is 6.61 Å². The molecule has 0 radical (unpaired) electrons. The number of hydrogen-bond donors (Lipinski definition) is 0. The number of nitro benzene ring substituents is 1. The minimum atomic E-state index is -0.428. The van der Waals surface area contributed by atoms with Gasteiger partial charge in [0, 0.05) is 23.7 Å². The molecule has 5 heteroatoms. The number of benzene rings is 1. The molecule has 2 rings (SSSR count). The first kappa shape index (κ1) is 10.4. The Hall–Kier alpha value is -2.17. The smallest absolute Gasteiger partial charge is 0.270 e. The van der Waals surface area contributed by atoms with Gasteiger partial charge in [0.15, 0.2) is 0 Å². The molecule has 0 N–H and O–H groups in total. The quantitative estimate of drug-likeness (QED) is 0.586. The highest BCUT2D eigenvalue weighted by Gasteiger charge is 2.09. The van der Waals surface area contributed by atoms with Gasteiger partial charge in [-0.3, -0.25) is 15.1 Å². The van der Waals surface area contributed by atoms with Crippen molar-refractivity contribution in [3.63, 3.8) is 0 Å². The van der Waals surface area contributed by atoms with Crippen LogP contribution in [0.3, 0.4) is 0 Å². The van der Waals surface area contributed by atoms with Crippen LogP contribution in [0, 0.1) is 10.1 Å². The molecule has 0 aliphatic heterocycles. The average molecular weight is 218 g/mol. The Morgan fingerprint density at radius 3 is 2.94 bits per heavy atom. The van der Waals surface area contributed by atoms with Crippen molar-refractivity contribution in [2.45, 2.75) is 6.92 Å². The Balaban J connectivity index is 2.63. The summed E-state index contributed by atoms with van der Waals surface area (Å²) in [7, 11) is 0. The van der Waals surface area contributed by atoms with E-state index in [1.54, 1.807) is 18.3 Å². The molecule has 82 valence electrons. The largest absolute Gasteiger partial charge is 0.493 e. The molecule has 1 aromatic carbocycles. The van der Waals surface area contributed by atoms with Gasteiger partial charge in [0.05, 0.1) is 17.0 Å². The first-order valence-corrected chi connectivity index (χ1v) is 4.88. The van der Waals surface area contributed by atoms with Gasteiger partial charge < -0.3 is 4.74 Å². The SMILES string of the molecule is CCOc1ccnc2ccc([N+](=O)[O-])cc12. The van der Waals surface area contributed by atoms with Crippen molar-refractivity contribution >= 4 is 16.6 Å². The maximum absolute atomic E-state index is 10.7. The van der Waals surface area contributed by atoms with Crippen LogP contribution in [-0.2, 0) is 0 Å². The number of non-ortho nitro benzene ring substituents is 1. The maximum atomic E-state index is 10.7. The number of pyridine rings is 1. The Kier molecular flexibility index (Phi) is 2.68. The summed E-state index contributed by atoms with van der Waals surface area (Å²) in [5.74, 6) is 0.621. The van der Waals surface area contributed by atoms with Crippen LogP contribution in [0.5, 0.6) is 5.75 Å². The fourth-order valence-electron chi connectivity index (χ4n) is 1.50. The highest BCUT2D eigenvalue weighted by atomic mass is 16.6. The third-order valence-corrected chi connectivity index (χ3v) is 2.20. The zero-order valence-electron chi connectivity index (χ0n) is 8.71. The van der Waals surface area contributed by atoms with E-state index in [9.17, 15) is 10.1 Å². The zero-order chi connectivity index (χ0) is 11.5. The van der Waals surface area contributed by atoms with Crippen LogP contribution in [0.25, 0.3) is 10.9 Å². The summed E-state index contributed by atoms with van der Waals surface area (Å²) in [6.45, 7) is 2.38. The summed E-state index contributed by atoms with van der Waals surface area (Å²) < 4.78 is 5.39. The van der Waals surface area contributed by atoms with Crippen LogP contribution in [0.2, 0.25) is 0 Å². The molecule has 1 heterocycles. The molecule has 0 aliphatic carbocycles. The van der Waals surface area contributed by atoms with E-state index in [0.717, 1.165) is 0 Å². The third-order valence-electron chi connectivity index (χ3n) is 2.20. The second kappa shape index (κ2) is 4.14. The van der Waals surface area contributed by atoms with Crippen LogP contribution in [-0.4, -0.2) is 16.5 Å². The molecule has 0 saturated heterocycles. The van der Waals surface area contributed by atoms with E-state index in [-0.39, 0.29) is 5.69 Å². The van der Waals surface area contributed by atoms with E-state index < -0.39 is 4.92 Å². The third kappa shape index (κ3) is 1.79. The topological polar surface area (TPSA) is 65.3 Å². The van der Waals surface area contributed by atoms with Gasteiger partial charge in [-0.25, -0.2) is 0 Å². The Bertz CT molecular complexity index is 540. The van der Waals surface area contributed by atoms with Gasteiger partial charge >= 0.3 is 0 Å². The van der Waals surface area contributed by atoms with Gasteiger partial charge in [0.2, 0.25) is 0 Å². The molecule has 0 unspecified atom stereocenters. The molecule has 16 heavy (non-hydrogen) atoms. The molecule has 2 aromatic rings. The first-order chi connectivity index (χ1) is 7.72. The highest BCUT2D eigenvalue weighted by Crippen LogP contribution is 2.27. The molecule has 0 amide bonds. The predicted molar refractivity (Wildman–Crippen MR) is 59.6 cm³/mol. The Morgan fingerprint density at radius 1 is 1.44 bits per heavy atom. The summed E-state index contributed by atoms with van der Waals surface area (Å²) in [6.07, 6.45) is 1.62. The van der Waals surface area contributed by atoms with Gasteiger partial charge in [-0.05, 0) is 19.1 Å². The van der Waals surface area contributed by atoms with Crippen molar-refractivity contribution in [3.8, 4) is 5.75 Å². The monoisotopic (exact) mass is 218 g/mol. The Labute approximate surface area is 91.8 Å². The summed E-state index contributed by atoms with van der Waals surface area (Å²) >= 11 is 0. The second-order valence-corrected chi connectivity index (χ2v) is 3.20. The summed E-state index contributed by atoms with van der Waals surface area (Å²) in [4.78, 5) is 14.4. The number of hydrogen-bond acceptors (Lipinski definition) is 4. The number of aromatic nitrogens is 1. The molecule has 0 atom stereocenters. The summed E-state index contributed by atoms with van der Waals surface area (Å²) in [5, 5.41) is 11.3. The van der Waals surface area contributed by atoms with Crippen molar-refractivity contribution in [3.05, 3.63) is 40.6 Å². The number of nitrogens with zero attached hydrogens (tertiary/aromatic N) is 2. The fraction of sp³-hybridized carbons (Fsp3) is 0.182. The van der Waals surface area contributed by atoms with Crippen LogP contribution in [0.4, 0.5) is 5.69 Å². The number of nitro groups is 1. The molecule has 0 saturated carbocycles. The number of rotatable bonds is 3. The number of ether oxygens (including phenoxy) is 1. The van der Waals surface area contributed by atoms with Crippen LogP contribution >= 0.6 is 0 Å². The van der Waals surface area contributed by atoms with E-state index in [1.807, 2.05) is 6.92 Å². The maximum Gasteiger partial charge on any atom is 0.270 e. The van der Waals surface area contributed by atoms with Gasteiger partial charge in [-0.1, -0.05) is 0 Å². The van der Waals surface area contributed by atoms with Gasteiger partial charge in [-0.15, -0.1) is 0 Å². The summed E-state index contributed by atoms with van der Waals surface area (Å²) in [6, 6.07) is 6.24. The lowest BCUT2D eigenvalue weighted by Crippen LogP contribution is -1.94. The van der Waals surface area contributed by atoms with E-state index in [0.29, 0.717) is 23.3 Å². The standard InChI is InChI=1S/C11H10N2O3/c1-2-16-11-5-6-12-10-4-3-8(13(14)15)7-9(10)11/h3-7H,2H2,1H3. The van der Waals surface area contributed by atoms with Crippen LogP contribution < -0.4 is 4.74 Å². The second-order valence-electron chi connectivity index (χ2n) is 3.20. The van der Waals surface area contributed by atoms with E-state index in [4.69, 9.17) is 4.74 Å². The van der Waals surface area contributed by atoms with Gasteiger partial charge in [0.1, 0.15) is 5.75 Å². The first-order valence-electron chi connectivity index (χ1n) is 4.88. The predicted octanol–water partition coefficient (Wildman–Crippen LogP) is 2.54. The lowest BCUT2D eigenvalue weighted by atomic mass is 10.2. The number of fused-ring (bicyclic) bond motifs is 1. The minimum absolute atomic E-state index is 0.0430. The molecular formula is C11H10N2O3. The fourth-order valence-corrected chi connectivity index (χ4v) is 1.50. The van der Waals surface area contributed by atoms with E-state index in [2.05, 4.69) is 4.98 Å². The van der Waals surface area contributed by atoms with Crippen molar-refractivity contribution in [1.82, 2.24) is 4.98 Å². The van der Waals surface area contributed by atoms with Crippen molar-refractivity contribution in [2.24, 2.45) is 0 Å². The van der Waals surface area contributed by atoms with E-state index >= 15 is 0 Å². The zero-order valence-corrected chi connectivity index (χ0v) is 8.71. The molecule has 0 fully saturated rings. The van der Waals surface area contributed by atoms with Gasteiger partial charge in [-0.2, -0.15) is 0 Å².